The molecule has 0 amide bonds. The molecular formula is C9H15N3O2. The molecule has 0 aliphatic carbocycles. The zero-order chi connectivity index (χ0) is 10.8. The van der Waals surface area contributed by atoms with E-state index < -0.39 is 11.5 Å². The van der Waals surface area contributed by atoms with Gasteiger partial charge in [0.2, 0.25) is 0 Å². The summed E-state index contributed by atoms with van der Waals surface area (Å²) in [5.41, 5.74) is 0.0453. The first-order valence-electron chi connectivity index (χ1n) is 4.37. The van der Waals surface area contributed by atoms with Gasteiger partial charge in [-0.15, -0.1) is 0 Å². The molecule has 0 aliphatic rings. The minimum Gasteiger partial charge on any atom is -0.480 e. The van der Waals surface area contributed by atoms with Crippen molar-refractivity contribution in [3.63, 3.8) is 0 Å². The van der Waals surface area contributed by atoms with Gasteiger partial charge in [-0.1, -0.05) is 0 Å². The van der Waals surface area contributed by atoms with E-state index in [2.05, 4.69) is 10.3 Å². The third-order valence-electron chi connectivity index (χ3n) is 2.16. The average molecular weight is 197 g/mol. The second-order valence-electron chi connectivity index (χ2n) is 3.78. The first kappa shape index (κ1) is 10.7. The fraction of sp³-hybridized carbons (Fsp3) is 0.556. The number of aryl methyl sites for hydroxylation is 1. The van der Waals surface area contributed by atoms with E-state index in [0.29, 0.717) is 6.54 Å². The second kappa shape index (κ2) is 3.79. The summed E-state index contributed by atoms with van der Waals surface area (Å²) in [6.07, 6.45) is 3.40. The lowest BCUT2D eigenvalue weighted by molar-refractivity contribution is -0.143. The van der Waals surface area contributed by atoms with E-state index in [1.54, 1.807) is 26.4 Å². The largest absolute Gasteiger partial charge is 0.480 e. The van der Waals surface area contributed by atoms with Crippen LogP contribution in [0.15, 0.2) is 12.5 Å². The highest BCUT2D eigenvalue weighted by Crippen LogP contribution is 2.04. The monoisotopic (exact) mass is 197 g/mol. The molecule has 0 radical (unpaired) electrons. The van der Waals surface area contributed by atoms with Crippen molar-refractivity contribution in [3.8, 4) is 0 Å². The fourth-order valence-corrected chi connectivity index (χ4v) is 0.942. The Morgan fingerprint density at radius 1 is 1.71 bits per heavy atom. The molecule has 14 heavy (non-hydrogen) atoms. The number of carboxylic acids is 1. The van der Waals surface area contributed by atoms with Gasteiger partial charge in [0.1, 0.15) is 5.54 Å². The van der Waals surface area contributed by atoms with Gasteiger partial charge in [-0.2, -0.15) is 0 Å². The molecule has 0 aromatic carbocycles. The SMILES string of the molecule is Cn1cncc1CNC(C)(C)C(=O)O. The van der Waals surface area contributed by atoms with Gasteiger partial charge in [-0.25, -0.2) is 4.98 Å². The van der Waals surface area contributed by atoms with Gasteiger partial charge in [0.05, 0.1) is 12.0 Å². The molecule has 0 unspecified atom stereocenters. The highest BCUT2D eigenvalue weighted by molar-refractivity contribution is 5.77. The minimum absolute atomic E-state index is 0.496. The van der Waals surface area contributed by atoms with Gasteiger partial charge >= 0.3 is 5.97 Å². The van der Waals surface area contributed by atoms with Crippen LogP contribution in [0, 0.1) is 0 Å². The molecular weight excluding hydrogens is 182 g/mol. The minimum atomic E-state index is -0.912. The summed E-state index contributed by atoms with van der Waals surface area (Å²) in [4.78, 5) is 14.7. The van der Waals surface area contributed by atoms with Crippen molar-refractivity contribution in [2.75, 3.05) is 0 Å². The molecule has 0 saturated heterocycles. The fourth-order valence-electron chi connectivity index (χ4n) is 0.942. The van der Waals surface area contributed by atoms with Crippen molar-refractivity contribution in [1.29, 1.82) is 0 Å². The molecule has 1 rings (SSSR count). The van der Waals surface area contributed by atoms with E-state index in [-0.39, 0.29) is 0 Å². The molecule has 0 bridgehead atoms. The number of carbonyl (C=O) groups is 1. The number of carboxylic acid groups (broad SMARTS) is 1. The van der Waals surface area contributed by atoms with Crippen molar-refractivity contribution < 1.29 is 9.90 Å². The summed E-state index contributed by atoms with van der Waals surface area (Å²) in [5, 5.41) is 11.8. The van der Waals surface area contributed by atoms with Gasteiger partial charge in [0.25, 0.3) is 0 Å². The quantitative estimate of drug-likeness (QED) is 0.732. The van der Waals surface area contributed by atoms with Crippen LogP contribution in [0.25, 0.3) is 0 Å². The lowest BCUT2D eigenvalue weighted by atomic mass is 10.1. The number of hydrogen-bond donors (Lipinski definition) is 2. The van der Waals surface area contributed by atoms with Crippen LogP contribution in [0.5, 0.6) is 0 Å². The Kier molecular flexibility index (Phi) is 2.90. The van der Waals surface area contributed by atoms with Crippen LogP contribution < -0.4 is 5.32 Å². The molecule has 0 spiro atoms. The maximum atomic E-state index is 10.8. The van der Waals surface area contributed by atoms with E-state index >= 15 is 0 Å². The van der Waals surface area contributed by atoms with Gasteiger partial charge in [-0.05, 0) is 13.8 Å². The van der Waals surface area contributed by atoms with Gasteiger partial charge in [0.15, 0.2) is 0 Å². The van der Waals surface area contributed by atoms with Gasteiger partial charge < -0.3 is 9.67 Å². The maximum Gasteiger partial charge on any atom is 0.323 e. The Balaban J connectivity index is 2.57. The number of imidazole rings is 1. The van der Waals surface area contributed by atoms with Crippen LogP contribution >= 0.6 is 0 Å². The number of aromatic nitrogens is 2. The molecule has 78 valence electrons. The Bertz CT molecular complexity index is 331. The predicted octanol–water partition coefficient (Wildman–Crippen LogP) is 0.373. The topological polar surface area (TPSA) is 67.2 Å². The Morgan fingerprint density at radius 3 is 2.79 bits per heavy atom. The lowest BCUT2D eigenvalue weighted by Crippen LogP contribution is -2.46. The van der Waals surface area contributed by atoms with E-state index in [1.807, 2.05) is 11.6 Å². The molecule has 1 aromatic heterocycles. The average Bonchev–Trinajstić information content (AvgIpc) is 2.47. The third-order valence-corrected chi connectivity index (χ3v) is 2.16. The van der Waals surface area contributed by atoms with Crippen molar-refractivity contribution >= 4 is 5.97 Å². The molecule has 2 N–H and O–H groups in total. The summed E-state index contributed by atoms with van der Waals surface area (Å²) >= 11 is 0. The number of nitrogens with zero attached hydrogens (tertiary/aromatic N) is 2. The van der Waals surface area contributed by atoms with E-state index in [1.165, 1.54) is 0 Å². The summed E-state index contributed by atoms with van der Waals surface area (Å²) in [7, 11) is 1.87. The van der Waals surface area contributed by atoms with E-state index in [4.69, 9.17) is 5.11 Å². The molecule has 0 atom stereocenters. The summed E-state index contributed by atoms with van der Waals surface area (Å²) in [6.45, 7) is 3.76. The predicted molar refractivity (Wildman–Crippen MR) is 51.8 cm³/mol. The van der Waals surface area contributed by atoms with Crippen molar-refractivity contribution in [2.24, 2.45) is 7.05 Å². The Hall–Kier alpha value is -1.36. The van der Waals surface area contributed by atoms with Crippen LogP contribution in [0.3, 0.4) is 0 Å². The van der Waals surface area contributed by atoms with E-state index in [0.717, 1.165) is 5.69 Å². The first-order chi connectivity index (χ1) is 6.43. The summed E-state index contributed by atoms with van der Waals surface area (Å²) in [6, 6.07) is 0. The van der Waals surface area contributed by atoms with Crippen LogP contribution in [0.4, 0.5) is 0 Å². The first-order valence-corrected chi connectivity index (χ1v) is 4.37. The van der Waals surface area contributed by atoms with Crippen LogP contribution in [0.2, 0.25) is 0 Å². The normalized spacial score (nSPS) is 11.6. The summed E-state index contributed by atoms with van der Waals surface area (Å²) in [5.74, 6) is -0.861. The zero-order valence-electron chi connectivity index (χ0n) is 8.61. The Morgan fingerprint density at radius 2 is 2.36 bits per heavy atom. The Labute approximate surface area is 82.8 Å². The summed E-state index contributed by atoms with van der Waals surface area (Å²) < 4.78 is 1.85. The van der Waals surface area contributed by atoms with Crippen molar-refractivity contribution in [3.05, 3.63) is 18.2 Å². The number of nitrogens with one attached hydrogen (secondary N) is 1. The molecule has 0 fully saturated rings. The maximum absolute atomic E-state index is 10.8. The molecule has 1 heterocycles. The lowest BCUT2D eigenvalue weighted by Gasteiger charge is -2.20. The van der Waals surface area contributed by atoms with E-state index in [9.17, 15) is 4.79 Å². The third kappa shape index (κ3) is 2.32. The zero-order valence-corrected chi connectivity index (χ0v) is 8.61. The molecule has 5 heteroatoms. The molecule has 0 saturated carbocycles. The van der Waals surface area contributed by atoms with Crippen molar-refractivity contribution in [2.45, 2.75) is 25.9 Å². The van der Waals surface area contributed by atoms with Crippen LogP contribution in [-0.4, -0.2) is 26.2 Å². The number of hydrogen-bond acceptors (Lipinski definition) is 3. The standard InChI is InChI=1S/C9H15N3O2/c1-9(2,8(13)14)11-5-7-4-10-6-12(7)3/h4,6,11H,5H2,1-3H3,(H,13,14). The highest BCUT2D eigenvalue weighted by Gasteiger charge is 2.26. The van der Waals surface area contributed by atoms with Gasteiger partial charge in [-0.3, -0.25) is 10.1 Å². The second-order valence-corrected chi connectivity index (χ2v) is 3.78. The number of rotatable bonds is 4. The highest BCUT2D eigenvalue weighted by atomic mass is 16.4. The molecule has 5 nitrogen and oxygen atoms in total. The smallest absolute Gasteiger partial charge is 0.323 e. The van der Waals surface area contributed by atoms with Gasteiger partial charge in [0, 0.05) is 19.8 Å². The number of aliphatic carboxylic acids is 1. The molecule has 0 aliphatic heterocycles. The van der Waals surface area contributed by atoms with Crippen LogP contribution in [-0.2, 0) is 18.4 Å². The van der Waals surface area contributed by atoms with Crippen LogP contribution in [0.1, 0.15) is 19.5 Å². The molecule has 1 aromatic rings. The van der Waals surface area contributed by atoms with Crippen molar-refractivity contribution in [1.82, 2.24) is 14.9 Å².